The molecule has 2 aromatic rings. The fourth-order valence-corrected chi connectivity index (χ4v) is 5.45. The number of nitrogens with one attached hydrogen (secondary N) is 1. The first-order valence-corrected chi connectivity index (χ1v) is 14.6. The van der Waals surface area contributed by atoms with Gasteiger partial charge in [0.15, 0.2) is 0 Å². The van der Waals surface area contributed by atoms with Crippen molar-refractivity contribution in [3.63, 3.8) is 0 Å². The van der Waals surface area contributed by atoms with Crippen LogP contribution in [0.5, 0.6) is 0 Å². The van der Waals surface area contributed by atoms with Crippen LogP contribution in [0.4, 0.5) is 16.2 Å². The van der Waals surface area contributed by atoms with Crippen LogP contribution in [0.25, 0.3) is 0 Å². The van der Waals surface area contributed by atoms with Crippen LogP contribution in [-0.4, -0.2) is 97.9 Å². The molecular formula is C27H32ClN5O8S. The standard InChI is InChI=1S/C27H32ClN5O8S/c28-22-9-8-21(42-22)26(38)33(23(35)3-1-2-10-30-25(37)20(29)15-34)14-19-13-32(27(39)41-19)18-6-4-17(5-7-18)31-11-12-40-16-24(31)36/h4-9,19-20,34H,1-3,10-16,29H2,(H,30,37)/t19-,20+/m1/s1. The number of amides is 5. The zero-order valence-electron chi connectivity index (χ0n) is 22.7. The number of anilines is 2. The van der Waals surface area contributed by atoms with E-state index in [0.717, 1.165) is 16.2 Å². The molecule has 0 spiro atoms. The number of aliphatic hydroxyl groups excluding tert-OH is 1. The lowest BCUT2D eigenvalue weighted by Crippen LogP contribution is -2.43. The molecule has 2 atom stereocenters. The number of aliphatic hydroxyl groups is 1. The molecule has 226 valence electrons. The largest absolute Gasteiger partial charge is 0.442 e. The minimum atomic E-state index is -1.02. The highest BCUT2D eigenvalue weighted by Crippen LogP contribution is 2.27. The maximum atomic E-state index is 13.3. The smallest absolute Gasteiger partial charge is 0.414 e. The van der Waals surface area contributed by atoms with Crippen molar-refractivity contribution in [3.05, 3.63) is 45.6 Å². The van der Waals surface area contributed by atoms with Crippen molar-refractivity contribution < 1.29 is 38.6 Å². The van der Waals surface area contributed by atoms with E-state index in [1.165, 1.54) is 11.0 Å². The molecule has 1 aromatic carbocycles. The van der Waals surface area contributed by atoms with Crippen LogP contribution in [-0.2, 0) is 23.9 Å². The predicted octanol–water partition coefficient (Wildman–Crippen LogP) is 1.37. The molecule has 2 aliphatic heterocycles. The molecule has 1 aromatic heterocycles. The number of nitrogens with zero attached hydrogens (tertiary/aromatic N) is 3. The van der Waals surface area contributed by atoms with E-state index in [0.29, 0.717) is 41.7 Å². The zero-order valence-corrected chi connectivity index (χ0v) is 24.3. The summed E-state index contributed by atoms with van der Waals surface area (Å²) in [6, 6.07) is 8.96. The van der Waals surface area contributed by atoms with Gasteiger partial charge in [0, 0.05) is 30.9 Å². The van der Waals surface area contributed by atoms with Crippen LogP contribution in [0.15, 0.2) is 36.4 Å². The van der Waals surface area contributed by atoms with Crippen molar-refractivity contribution in [2.75, 3.05) is 55.8 Å². The highest BCUT2D eigenvalue weighted by Gasteiger charge is 2.36. The number of rotatable bonds is 12. The van der Waals surface area contributed by atoms with E-state index in [4.69, 9.17) is 31.9 Å². The summed E-state index contributed by atoms with van der Waals surface area (Å²) < 4.78 is 11.1. The summed E-state index contributed by atoms with van der Waals surface area (Å²) in [6.07, 6.45) is -0.567. The second kappa shape index (κ2) is 14.6. The number of unbranched alkanes of at least 4 members (excludes halogenated alkanes) is 1. The van der Waals surface area contributed by atoms with Crippen LogP contribution in [0.3, 0.4) is 0 Å². The van der Waals surface area contributed by atoms with Crippen LogP contribution in [0.1, 0.15) is 28.9 Å². The SMILES string of the molecule is N[C@@H](CO)C(=O)NCCCCC(=O)N(C[C@H]1CN(c2ccc(N3CCOCC3=O)cc2)C(=O)O1)C(=O)c1ccc(Cl)s1. The van der Waals surface area contributed by atoms with Gasteiger partial charge >= 0.3 is 6.09 Å². The van der Waals surface area contributed by atoms with Gasteiger partial charge in [-0.15, -0.1) is 11.3 Å². The van der Waals surface area contributed by atoms with Crippen LogP contribution in [0.2, 0.25) is 4.34 Å². The van der Waals surface area contributed by atoms with Gasteiger partial charge in [-0.05, 0) is 49.2 Å². The molecule has 3 heterocycles. The lowest BCUT2D eigenvalue weighted by atomic mass is 10.2. The first-order chi connectivity index (χ1) is 20.2. The Labute approximate surface area is 251 Å². The third kappa shape index (κ3) is 7.83. The van der Waals surface area contributed by atoms with E-state index in [1.807, 2.05) is 0 Å². The number of hydrogen-bond acceptors (Lipinski definition) is 10. The van der Waals surface area contributed by atoms with Gasteiger partial charge < -0.3 is 30.5 Å². The molecule has 42 heavy (non-hydrogen) atoms. The number of thiophene rings is 1. The van der Waals surface area contributed by atoms with Crippen molar-refractivity contribution in [2.24, 2.45) is 5.73 Å². The summed E-state index contributed by atoms with van der Waals surface area (Å²) >= 11 is 7.05. The van der Waals surface area contributed by atoms with Crippen LogP contribution in [0, 0.1) is 0 Å². The monoisotopic (exact) mass is 621 g/mol. The van der Waals surface area contributed by atoms with Crippen molar-refractivity contribution in [3.8, 4) is 0 Å². The Morgan fingerprint density at radius 2 is 1.83 bits per heavy atom. The Kier molecular flexibility index (Phi) is 10.9. The number of carbonyl (C=O) groups is 5. The van der Waals surface area contributed by atoms with E-state index in [2.05, 4.69) is 5.32 Å². The number of benzene rings is 1. The molecule has 2 fully saturated rings. The van der Waals surface area contributed by atoms with Gasteiger partial charge in [0.2, 0.25) is 11.8 Å². The predicted molar refractivity (Wildman–Crippen MR) is 155 cm³/mol. The molecule has 0 bridgehead atoms. The van der Waals surface area contributed by atoms with Crippen molar-refractivity contribution in [2.45, 2.75) is 31.4 Å². The van der Waals surface area contributed by atoms with Gasteiger partial charge in [-0.3, -0.25) is 29.0 Å². The molecule has 0 unspecified atom stereocenters. The van der Waals surface area contributed by atoms with E-state index >= 15 is 0 Å². The third-order valence-corrected chi connectivity index (χ3v) is 7.92. The number of imide groups is 1. The summed E-state index contributed by atoms with van der Waals surface area (Å²) in [5.41, 5.74) is 6.69. The number of morpholine rings is 1. The summed E-state index contributed by atoms with van der Waals surface area (Å²) in [6.45, 7) is 0.621. The molecule has 4 rings (SSSR count). The van der Waals surface area contributed by atoms with E-state index in [9.17, 15) is 24.0 Å². The fourth-order valence-electron chi connectivity index (χ4n) is 4.46. The average molecular weight is 622 g/mol. The number of hydrogen-bond donors (Lipinski definition) is 3. The molecule has 5 amide bonds. The van der Waals surface area contributed by atoms with Gasteiger partial charge in [0.1, 0.15) is 18.8 Å². The lowest BCUT2D eigenvalue weighted by molar-refractivity contribution is -0.129. The van der Waals surface area contributed by atoms with E-state index in [1.54, 1.807) is 35.2 Å². The molecule has 15 heteroatoms. The van der Waals surface area contributed by atoms with Gasteiger partial charge in [-0.25, -0.2) is 4.79 Å². The van der Waals surface area contributed by atoms with Crippen molar-refractivity contribution in [1.82, 2.24) is 10.2 Å². The molecule has 0 saturated carbocycles. The Morgan fingerprint density at radius 3 is 2.48 bits per heavy atom. The Balaban J connectivity index is 1.38. The highest BCUT2D eigenvalue weighted by molar-refractivity contribution is 7.18. The van der Waals surface area contributed by atoms with Crippen molar-refractivity contribution >= 4 is 64.0 Å². The summed E-state index contributed by atoms with van der Waals surface area (Å²) in [5, 5.41) is 11.5. The maximum absolute atomic E-state index is 13.3. The molecule has 2 aliphatic rings. The highest BCUT2D eigenvalue weighted by atomic mass is 35.5. The summed E-state index contributed by atoms with van der Waals surface area (Å²) in [4.78, 5) is 67.4. The summed E-state index contributed by atoms with van der Waals surface area (Å²) in [5.74, 6) is -1.65. The third-order valence-electron chi connectivity index (χ3n) is 6.70. The molecule has 2 saturated heterocycles. The number of cyclic esters (lactones) is 1. The number of nitrogens with two attached hydrogens (primary N) is 1. The minimum absolute atomic E-state index is 0.0128. The van der Waals surface area contributed by atoms with E-state index < -0.39 is 42.6 Å². The first kappa shape index (κ1) is 31.4. The molecular weight excluding hydrogens is 590 g/mol. The zero-order chi connectivity index (χ0) is 30.2. The van der Waals surface area contributed by atoms with E-state index in [-0.39, 0.29) is 43.4 Å². The number of carbonyl (C=O) groups excluding carboxylic acids is 5. The van der Waals surface area contributed by atoms with Gasteiger partial charge in [-0.1, -0.05) is 11.6 Å². The lowest BCUT2D eigenvalue weighted by Gasteiger charge is -2.27. The number of halogens is 1. The van der Waals surface area contributed by atoms with Gasteiger partial charge in [-0.2, -0.15) is 0 Å². The van der Waals surface area contributed by atoms with Crippen LogP contribution < -0.4 is 20.9 Å². The van der Waals surface area contributed by atoms with Crippen LogP contribution >= 0.6 is 22.9 Å². The Hall–Kier alpha value is -3.56. The molecule has 0 radical (unpaired) electrons. The normalized spacial score (nSPS) is 17.6. The second-order valence-corrected chi connectivity index (χ2v) is 11.4. The second-order valence-electron chi connectivity index (χ2n) is 9.68. The van der Waals surface area contributed by atoms with Gasteiger partial charge in [0.25, 0.3) is 11.8 Å². The molecule has 4 N–H and O–H groups in total. The maximum Gasteiger partial charge on any atom is 0.414 e. The minimum Gasteiger partial charge on any atom is -0.442 e. The number of ether oxygens (including phenoxy) is 2. The average Bonchev–Trinajstić information content (AvgIpc) is 3.59. The fraction of sp³-hybridized carbons (Fsp3) is 0.444. The summed E-state index contributed by atoms with van der Waals surface area (Å²) in [7, 11) is 0. The van der Waals surface area contributed by atoms with Crippen molar-refractivity contribution in [1.29, 1.82) is 0 Å². The quantitative estimate of drug-likeness (QED) is 0.296. The Morgan fingerprint density at radius 1 is 1.12 bits per heavy atom. The first-order valence-electron chi connectivity index (χ1n) is 13.4. The Bertz CT molecular complexity index is 1310. The molecule has 0 aliphatic carbocycles. The van der Waals surface area contributed by atoms with Gasteiger partial charge in [0.05, 0.1) is 35.5 Å². The topological polar surface area (TPSA) is 172 Å². The molecule has 13 nitrogen and oxygen atoms in total.